The number of alkyl halides is 2. The fourth-order valence-electron chi connectivity index (χ4n) is 3.47. The van der Waals surface area contributed by atoms with E-state index in [1.54, 1.807) is 30.5 Å². The summed E-state index contributed by atoms with van der Waals surface area (Å²) in [7, 11) is -3.72. The molecule has 0 unspecified atom stereocenters. The molecule has 3 aromatic rings. The van der Waals surface area contributed by atoms with Gasteiger partial charge in [0.1, 0.15) is 12.4 Å². The van der Waals surface area contributed by atoms with Crippen LogP contribution in [0.4, 0.5) is 8.78 Å². The molecule has 4 rings (SSSR count). The third-order valence-corrected chi connectivity index (χ3v) is 6.67. The quantitative estimate of drug-likeness (QED) is 0.490. The second-order valence-corrected chi connectivity index (χ2v) is 9.27. The third-order valence-electron chi connectivity index (χ3n) is 5.14. The van der Waals surface area contributed by atoms with Crippen LogP contribution in [-0.4, -0.2) is 20.0 Å². The zero-order valence-electron chi connectivity index (χ0n) is 17.6. The maximum absolute atomic E-state index is 12.8. The molecule has 0 aliphatic heterocycles. The molecule has 1 heterocycles. The number of hydrogen-bond donors (Lipinski definition) is 1. The minimum absolute atomic E-state index is 0.0598. The number of benzene rings is 2. The topological polar surface area (TPSA) is 77.5 Å². The second-order valence-electron chi connectivity index (χ2n) is 7.45. The summed E-state index contributed by atoms with van der Waals surface area (Å²) in [5.41, 5.74) is 3.15. The summed E-state index contributed by atoms with van der Waals surface area (Å²) in [5.74, 6) is 0.465. The molecule has 1 aromatic heterocycles. The van der Waals surface area contributed by atoms with Crippen LogP contribution < -0.4 is 14.2 Å². The summed E-state index contributed by atoms with van der Waals surface area (Å²) >= 11 is 0. The van der Waals surface area contributed by atoms with Gasteiger partial charge in [0.05, 0.1) is 4.91 Å². The molecular formula is C24H22F2N2O4S. The maximum atomic E-state index is 12.8. The van der Waals surface area contributed by atoms with Crippen LogP contribution >= 0.6 is 0 Å². The van der Waals surface area contributed by atoms with Gasteiger partial charge in [-0.2, -0.15) is 8.78 Å². The standard InChI is InChI=1S/C24H22F2N2O4S/c25-24(26)32-21-8-6-20-14-22(9-7-19(20)13-21)33(29,30)28-15-18-10-11-27-23(12-18)31-16-17-4-2-1-3-5-17/h1-6,8,10-14,24,28H,7,9,15-16H2. The number of fused-ring (bicyclic) bond motifs is 1. The molecule has 172 valence electrons. The van der Waals surface area contributed by atoms with E-state index in [-0.39, 0.29) is 23.6 Å². The molecule has 9 heteroatoms. The molecule has 0 atom stereocenters. The normalized spacial score (nSPS) is 13.4. The van der Waals surface area contributed by atoms with Gasteiger partial charge in [-0.05, 0) is 59.4 Å². The number of sulfonamides is 1. The van der Waals surface area contributed by atoms with E-state index in [0.29, 0.717) is 30.0 Å². The van der Waals surface area contributed by atoms with Crippen LogP contribution in [-0.2, 0) is 29.6 Å². The molecule has 0 fully saturated rings. The van der Waals surface area contributed by atoms with Gasteiger partial charge in [-0.25, -0.2) is 18.1 Å². The van der Waals surface area contributed by atoms with Crippen LogP contribution in [0.25, 0.3) is 6.08 Å². The zero-order chi connectivity index (χ0) is 23.3. The number of allylic oxidation sites excluding steroid dienone is 1. The summed E-state index contributed by atoms with van der Waals surface area (Å²) in [6, 6.07) is 17.6. The zero-order valence-corrected chi connectivity index (χ0v) is 18.4. The van der Waals surface area contributed by atoms with E-state index in [1.807, 2.05) is 30.3 Å². The molecule has 1 N–H and O–H groups in total. The average molecular weight is 473 g/mol. The molecule has 0 saturated carbocycles. The SMILES string of the molecule is O=S(=O)(NCc1ccnc(OCc2ccccc2)c1)C1=Cc2ccc(OC(F)F)cc2CC1. The molecule has 0 bridgehead atoms. The minimum Gasteiger partial charge on any atom is -0.473 e. The van der Waals surface area contributed by atoms with Gasteiger partial charge in [-0.3, -0.25) is 0 Å². The number of halogens is 2. The highest BCUT2D eigenvalue weighted by Gasteiger charge is 2.22. The first-order valence-electron chi connectivity index (χ1n) is 10.3. The van der Waals surface area contributed by atoms with E-state index in [1.165, 1.54) is 12.1 Å². The summed E-state index contributed by atoms with van der Waals surface area (Å²) in [6.07, 6.45) is 3.81. The number of aromatic nitrogens is 1. The van der Waals surface area contributed by atoms with Crippen LogP contribution in [0.1, 0.15) is 28.7 Å². The Bertz CT molecular complexity index is 1250. The van der Waals surface area contributed by atoms with Crippen molar-refractivity contribution in [2.45, 2.75) is 32.6 Å². The van der Waals surface area contributed by atoms with E-state index in [2.05, 4.69) is 14.4 Å². The molecule has 0 spiro atoms. The molecular weight excluding hydrogens is 450 g/mol. The lowest BCUT2D eigenvalue weighted by molar-refractivity contribution is -0.0498. The van der Waals surface area contributed by atoms with Gasteiger partial charge in [0.25, 0.3) is 0 Å². The fraction of sp³-hybridized carbons (Fsp3) is 0.208. The number of aryl methyl sites for hydroxylation is 1. The Morgan fingerprint density at radius 1 is 1.00 bits per heavy atom. The average Bonchev–Trinajstić information content (AvgIpc) is 2.82. The first-order chi connectivity index (χ1) is 15.9. The van der Waals surface area contributed by atoms with Crippen molar-refractivity contribution in [3.05, 3.63) is 94.0 Å². The summed E-state index contributed by atoms with van der Waals surface area (Å²) in [4.78, 5) is 4.41. The highest BCUT2D eigenvalue weighted by Crippen LogP contribution is 2.30. The van der Waals surface area contributed by atoms with Crippen LogP contribution in [0.3, 0.4) is 0 Å². The van der Waals surface area contributed by atoms with E-state index in [4.69, 9.17) is 4.74 Å². The van der Waals surface area contributed by atoms with Gasteiger partial charge in [0.2, 0.25) is 15.9 Å². The van der Waals surface area contributed by atoms with E-state index in [9.17, 15) is 17.2 Å². The summed E-state index contributed by atoms with van der Waals surface area (Å²) in [5, 5.41) is 0. The van der Waals surface area contributed by atoms with Gasteiger partial charge < -0.3 is 9.47 Å². The first-order valence-corrected chi connectivity index (χ1v) is 11.8. The molecule has 0 saturated heterocycles. The molecule has 6 nitrogen and oxygen atoms in total. The van der Waals surface area contributed by atoms with E-state index >= 15 is 0 Å². The number of ether oxygens (including phenoxy) is 2. The Morgan fingerprint density at radius 3 is 2.61 bits per heavy atom. The van der Waals surface area contributed by atoms with Crippen LogP contribution in [0, 0.1) is 0 Å². The van der Waals surface area contributed by atoms with Gasteiger partial charge in [-0.1, -0.05) is 36.4 Å². The molecule has 33 heavy (non-hydrogen) atoms. The van der Waals surface area contributed by atoms with Crippen molar-refractivity contribution in [2.24, 2.45) is 0 Å². The fourth-order valence-corrected chi connectivity index (χ4v) is 4.67. The van der Waals surface area contributed by atoms with Crippen molar-refractivity contribution in [3.8, 4) is 11.6 Å². The highest BCUT2D eigenvalue weighted by atomic mass is 32.2. The first kappa shape index (κ1) is 22.9. The lowest BCUT2D eigenvalue weighted by atomic mass is 9.97. The lowest BCUT2D eigenvalue weighted by Gasteiger charge is -2.18. The summed E-state index contributed by atoms with van der Waals surface area (Å²) < 4.78 is 63.2. The predicted octanol–water partition coefficient (Wildman–Crippen LogP) is 4.67. The number of hydrogen-bond acceptors (Lipinski definition) is 5. The van der Waals surface area contributed by atoms with Crippen molar-refractivity contribution in [3.63, 3.8) is 0 Å². The van der Waals surface area contributed by atoms with Crippen molar-refractivity contribution in [1.82, 2.24) is 9.71 Å². The smallest absolute Gasteiger partial charge is 0.387 e. The molecule has 1 aliphatic carbocycles. The Labute approximate surface area is 190 Å². The predicted molar refractivity (Wildman–Crippen MR) is 120 cm³/mol. The van der Waals surface area contributed by atoms with Gasteiger partial charge in [0, 0.05) is 18.8 Å². The summed E-state index contributed by atoms with van der Waals surface area (Å²) in [6.45, 7) is -2.46. The largest absolute Gasteiger partial charge is 0.473 e. The van der Waals surface area contributed by atoms with Crippen molar-refractivity contribution in [2.75, 3.05) is 0 Å². The van der Waals surface area contributed by atoms with E-state index in [0.717, 1.165) is 11.1 Å². The lowest BCUT2D eigenvalue weighted by Crippen LogP contribution is -2.25. The van der Waals surface area contributed by atoms with Crippen molar-refractivity contribution in [1.29, 1.82) is 0 Å². The van der Waals surface area contributed by atoms with Crippen LogP contribution in [0.5, 0.6) is 11.6 Å². The molecule has 1 aliphatic rings. The van der Waals surface area contributed by atoms with Crippen LogP contribution in [0.2, 0.25) is 0 Å². The Morgan fingerprint density at radius 2 is 1.82 bits per heavy atom. The van der Waals surface area contributed by atoms with E-state index < -0.39 is 16.6 Å². The Kier molecular flexibility index (Phi) is 7.00. The number of pyridine rings is 1. The van der Waals surface area contributed by atoms with Gasteiger partial charge >= 0.3 is 6.61 Å². The Balaban J connectivity index is 1.39. The Hall–Kier alpha value is -3.30. The van der Waals surface area contributed by atoms with Gasteiger partial charge in [0.15, 0.2) is 0 Å². The molecule has 0 radical (unpaired) electrons. The van der Waals surface area contributed by atoms with Gasteiger partial charge in [-0.15, -0.1) is 0 Å². The van der Waals surface area contributed by atoms with Crippen molar-refractivity contribution >= 4 is 16.1 Å². The number of rotatable bonds is 9. The van der Waals surface area contributed by atoms with Crippen molar-refractivity contribution < 1.29 is 26.7 Å². The van der Waals surface area contributed by atoms with Crippen LogP contribution in [0.15, 0.2) is 71.8 Å². The number of nitrogens with zero attached hydrogens (tertiary/aromatic N) is 1. The second kappa shape index (κ2) is 10.1. The number of nitrogens with one attached hydrogen (secondary N) is 1. The maximum Gasteiger partial charge on any atom is 0.387 e. The molecule has 2 aromatic carbocycles. The molecule has 0 amide bonds. The monoisotopic (exact) mass is 472 g/mol. The minimum atomic E-state index is -3.72. The third kappa shape index (κ3) is 6.15. The highest BCUT2D eigenvalue weighted by molar-refractivity contribution is 7.93.